The van der Waals surface area contributed by atoms with E-state index in [0.717, 1.165) is 5.56 Å². The lowest BCUT2D eigenvalue weighted by Crippen LogP contribution is -2.34. The van der Waals surface area contributed by atoms with Crippen LogP contribution in [0.1, 0.15) is 28.4 Å². The van der Waals surface area contributed by atoms with Crippen LogP contribution in [0.15, 0.2) is 71.5 Å². The number of aromatic amines is 1. The van der Waals surface area contributed by atoms with E-state index in [1.807, 2.05) is 37.3 Å². The quantitative estimate of drug-likeness (QED) is 0.410. The predicted octanol–water partition coefficient (Wildman–Crippen LogP) is 2.40. The number of nitrogens with zero attached hydrogens (tertiary/aromatic N) is 1. The normalized spacial score (nSPS) is 11.4. The summed E-state index contributed by atoms with van der Waals surface area (Å²) in [6, 6.07) is 18.9. The number of carboxylic acids is 1. The topological polar surface area (TPSA) is 96.4 Å². The summed E-state index contributed by atoms with van der Waals surface area (Å²) in [7, 11) is 0. The zero-order chi connectivity index (χ0) is 24.9. The molecule has 0 radical (unpaired) electrons. The van der Waals surface area contributed by atoms with E-state index in [-0.39, 0.29) is 11.1 Å². The fourth-order valence-corrected chi connectivity index (χ4v) is 3.82. The molecule has 0 aliphatic carbocycles. The van der Waals surface area contributed by atoms with Gasteiger partial charge in [0.1, 0.15) is 6.61 Å². The van der Waals surface area contributed by atoms with Crippen molar-refractivity contribution in [1.29, 1.82) is 0 Å². The zero-order valence-electron chi connectivity index (χ0n) is 18.9. The molecule has 0 aliphatic rings. The van der Waals surface area contributed by atoms with Gasteiger partial charge in [-0.05, 0) is 54.0 Å². The van der Waals surface area contributed by atoms with Crippen molar-refractivity contribution >= 4 is 30.2 Å². The van der Waals surface area contributed by atoms with E-state index < -0.39 is 5.97 Å². The van der Waals surface area contributed by atoms with Crippen LogP contribution in [0.3, 0.4) is 0 Å². The van der Waals surface area contributed by atoms with Crippen molar-refractivity contribution in [3.8, 4) is 17.2 Å². The Morgan fingerprint density at radius 3 is 2.49 bits per heavy atom. The molecule has 7 nitrogen and oxygen atoms in total. The zero-order valence-corrected chi connectivity index (χ0v) is 19.7. The first kappa shape index (κ1) is 23.9. The van der Waals surface area contributed by atoms with E-state index >= 15 is 0 Å². The molecule has 3 aromatic carbocycles. The van der Waals surface area contributed by atoms with Gasteiger partial charge in [-0.3, -0.25) is 9.89 Å². The lowest BCUT2D eigenvalue weighted by Gasteiger charge is -2.14. The number of benzene rings is 3. The van der Waals surface area contributed by atoms with E-state index in [1.165, 1.54) is 28.9 Å². The minimum Gasteiger partial charge on any atom is -0.545 e. The molecular weight excluding hydrogens is 468 g/mol. The Balaban J connectivity index is 1.70. The number of halogens is 1. The van der Waals surface area contributed by atoms with Crippen molar-refractivity contribution < 1.29 is 19.4 Å². The van der Waals surface area contributed by atoms with Crippen LogP contribution < -0.4 is 30.7 Å². The number of carboxylic acid groups (broad SMARTS) is 1. The first-order chi connectivity index (χ1) is 16.9. The monoisotopic (exact) mass is 489 g/mol. The molecule has 0 bridgehead atoms. The first-order valence-corrected chi connectivity index (χ1v) is 11.2. The molecule has 8 heteroatoms. The molecule has 0 saturated heterocycles. The average molecular weight is 490 g/mol. The summed E-state index contributed by atoms with van der Waals surface area (Å²) in [5.74, 6) is -0.411. The molecule has 0 spiro atoms. The summed E-state index contributed by atoms with van der Waals surface area (Å²) in [4.78, 5) is 24.1. The third-order valence-electron chi connectivity index (χ3n) is 5.24. The van der Waals surface area contributed by atoms with Crippen molar-refractivity contribution in [3.05, 3.63) is 109 Å². The van der Waals surface area contributed by atoms with Crippen LogP contribution in [-0.4, -0.2) is 22.4 Å². The van der Waals surface area contributed by atoms with Gasteiger partial charge in [-0.25, -0.2) is 4.68 Å². The van der Waals surface area contributed by atoms with Gasteiger partial charge in [0.05, 0.1) is 33.9 Å². The maximum absolute atomic E-state index is 13.1. The summed E-state index contributed by atoms with van der Waals surface area (Å²) >= 11 is 6.54. The number of nitrogens with one attached hydrogen (secondary N) is 1. The molecule has 0 saturated carbocycles. The smallest absolute Gasteiger partial charge is 0.279 e. The minimum absolute atomic E-state index is 0.0163. The maximum Gasteiger partial charge on any atom is 0.279 e. The second kappa shape index (κ2) is 10.4. The van der Waals surface area contributed by atoms with Gasteiger partial charge in [-0.1, -0.05) is 60.6 Å². The van der Waals surface area contributed by atoms with Crippen molar-refractivity contribution in [2.24, 2.45) is 0 Å². The lowest BCUT2D eigenvalue weighted by molar-refractivity contribution is -0.255. The van der Waals surface area contributed by atoms with Gasteiger partial charge in [0, 0.05) is 0 Å². The van der Waals surface area contributed by atoms with Gasteiger partial charge in [0.15, 0.2) is 11.5 Å². The number of carbonyl (C=O) groups excluding carboxylic acids is 1. The Kier molecular flexibility index (Phi) is 7.08. The summed E-state index contributed by atoms with van der Waals surface area (Å²) in [6.45, 7) is 6.52. The SMILES string of the molecule is C=c1[nH]n(-c2ccc(C(=O)[O-])cc2)c(=O)/c1=C/c1cc(Cl)c(OCc2ccccc2)c(OCC)c1. The van der Waals surface area contributed by atoms with Crippen molar-refractivity contribution in [2.45, 2.75) is 13.5 Å². The second-order valence-electron chi connectivity index (χ2n) is 7.66. The molecule has 1 N–H and O–H groups in total. The molecule has 0 amide bonds. The Morgan fingerprint density at radius 1 is 1.11 bits per heavy atom. The van der Waals surface area contributed by atoms with Gasteiger partial charge in [-0.2, -0.15) is 0 Å². The molecule has 35 heavy (non-hydrogen) atoms. The molecule has 0 aliphatic heterocycles. The fourth-order valence-electron chi connectivity index (χ4n) is 3.54. The standard InChI is InChI=1S/C27H23ClN2O5/c1-3-34-24-15-19(14-23(28)25(24)35-16-18-7-5-4-6-8-18)13-22-17(2)29-30(26(22)31)21-11-9-20(10-12-21)27(32)33/h4-15,29H,2-3,16H2,1H3,(H,32,33)/p-1/b22-13+. The number of hydrogen-bond acceptors (Lipinski definition) is 5. The molecule has 0 atom stereocenters. The highest BCUT2D eigenvalue weighted by molar-refractivity contribution is 6.32. The summed E-state index contributed by atoms with van der Waals surface area (Å²) < 4.78 is 13.0. The highest BCUT2D eigenvalue weighted by Crippen LogP contribution is 2.37. The number of ether oxygens (including phenoxy) is 2. The largest absolute Gasteiger partial charge is 0.545 e. The summed E-state index contributed by atoms with van der Waals surface area (Å²) in [5.41, 5.74) is 1.74. The van der Waals surface area contributed by atoms with Crippen LogP contribution in [0.4, 0.5) is 0 Å². The molecule has 178 valence electrons. The molecule has 0 unspecified atom stereocenters. The highest BCUT2D eigenvalue weighted by Gasteiger charge is 2.13. The number of rotatable bonds is 8. The third kappa shape index (κ3) is 5.31. The third-order valence-corrected chi connectivity index (χ3v) is 5.52. The molecule has 0 fully saturated rings. The van der Waals surface area contributed by atoms with Crippen LogP contribution in [0.2, 0.25) is 5.02 Å². The van der Waals surface area contributed by atoms with Gasteiger partial charge >= 0.3 is 0 Å². The number of H-pyrrole nitrogens is 1. The molecule has 1 heterocycles. The second-order valence-corrected chi connectivity index (χ2v) is 8.07. The summed E-state index contributed by atoms with van der Waals surface area (Å²) in [6.07, 6.45) is 1.66. The highest BCUT2D eigenvalue weighted by atomic mass is 35.5. The van der Waals surface area contributed by atoms with Crippen LogP contribution >= 0.6 is 11.6 Å². The number of carbonyl (C=O) groups is 1. The lowest BCUT2D eigenvalue weighted by atomic mass is 10.1. The Hall–Kier alpha value is -4.23. The van der Waals surface area contributed by atoms with E-state index in [2.05, 4.69) is 11.7 Å². The van der Waals surface area contributed by atoms with E-state index in [1.54, 1.807) is 18.2 Å². The minimum atomic E-state index is -1.29. The van der Waals surface area contributed by atoms with Crippen molar-refractivity contribution in [2.75, 3.05) is 6.61 Å². The van der Waals surface area contributed by atoms with Crippen molar-refractivity contribution in [3.63, 3.8) is 0 Å². The van der Waals surface area contributed by atoms with Gasteiger partial charge in [0.2, 0.25) is 0 Å². The first-order valence-electron chi connectivity index (χ1n) is 10.8. The average Bonchev–Trinajstić information content (AvgIpc) is 3.13. The van der Waals surface area contributed by atoms with Crippen LogP contribution in [0, 0.1) is 0 Å². The van der Waals surface area contributed by atoms with Crippen LogP contribution in [-0.2, 0) is 6.61 Å². The molecule has 4 rings (SSSR count). The van der Waals surface area contributed by atoms with Gasteiger partial charge < -0.3 is 19.4 Å². The van der Waals surface area contributed by atoms with Crippen LogP contribution in [0.5, 0.6) is 11.5 Å². The number of aromatic carboxylic acids is 1. The van der Waals surface area contributed by atoms with Gasteiger partial charge in [-0.15, -0.1) is 0 Å². The van der Waals surface area contributed by atoms with Crippen molar-refractivity contribution in [1.82, 2.24) is 9.78 Å². The predicted molar refractivity (Wildman–Crippen MR) is 132 cm³/mol. The Bertz CT molecular complexity index is 1520. The molecule has 4 aromatic rings. The Labute approximate surface area is 206 Å². The van der Waals surface area contributed by atoms with Crippen LogP contribution in [0.25, 0.3) is 18.3 Å². The number of aromatic nitrogens is 2. The van der Waals surface area contributed by atoms with E-state index in [0.29, 0.717) is 51.6 Å². The Morgan fingerprint density at radius 2 is 1.83 bits per heavy atom. The fraction of sp³-hybridized carbons (Fsp3) is 0.111. The van der Waals surface area contributed by atoms with Gasteiger partial charge in [0.25, 0.3) is 5.56 Å². The maximum atomic E-state index is 13.1. The summed E-state index contributed by atoms with van der Waals surface area (Å²) in [5, 5.41) is 15.0. The number of hydrogen-bond donors (Lipinski definition) is 1. The van der Waals surface area contributed by atoms with E-state index in [4.69, 9.17) is 21.1 Å². The molecule has 1 aromatic heterocycles. The van der Waals surface area contributed by atoms with E-state index in [9.17, 15) is 14.7 Å². The molecular formula is C27H22ClN2O5-.